The van der Waals surface area contributed by atoms with Crippen LogP contribution in [0, 0.1) is 0 Å². The van der Waals surface area contributed by atoms with Crippen molar-refractivity contribution in [3.8, 4) is 0 Å². The third kappa shape index (κ3) is 4.11. The lowest BCUT2D eigenvalue weighted by molar-refractivity contribution is -0.140. The fourth-order valence-electron chi connectivity index (χ4n) is 1.14. The molecule has 1 aromatic heterocycles. The fourth-order valence-corrected chi connectivity index (χ4v) is 1.14. The van der Waals surface area contributed by atoms with Gasteiger partial charge in [0, 0.05) is 25.4 Å². The Balaban J connectivity index is 2.37. The van der Waals surface area contributed by atoms with Crippen molar-refractivity contribution in [2.75, 3.05) is 6.61 Å². The molecule has 17 heavy (non-hydrogen) atoms. The van der Waals surface area contributed by atoms with E-state index in [0.717, 1.165) is 5.56 Å². The van der Waals surface area contributed by atoms with Crippen molar-refractivity contribution in [3.05, 3.63) is 18.0 Å². The van der Waals surface area contributed by atoms with Crippen molar-refractivity contribution in [2.24, 2.45) is 7.05 Å². The Hall–Kier alpha value is -2.09. The Labute approximate surface area is 97.2 Å². The van der Waals surface area contributed by atoms with E-state index < -0.39 is 24.6 Å². The zero-order chi connectivity index (χ0) is 12.8. The molecule has 0 fully saturated rings. The zero-order valence-electron chi connectivity index (χ0n) is 9.25. The fraction of sp³-hybridized carbons (Fsp3) is 0.444. The molecular weight excluding hydrogens is 228 g/mol. The van der Waals surface area contributed by atoms with Crippen LogP contribution in [0.15, 0.2) is 12.4 Å². The van der Waals surface area contributed by atoms with Gasteiger partial charge in [0.05, 0.1) is 12.8 Å². The standard InChI is InChI=1S/C9H14N4O4/c1-13-4-6(3-11-13)2-10-9(17)12-7(5-14)8(15)16/h3-4,7,14H,2,5H2,1H3,(H,15,16)(H2,10,12,17)/t7-/m0/s1. The molecule has 0 aromatic carbocycles. The number of urea groups is 1. The first kappa shape index (κ1) is 13.0. The minimum atomic E-state index is -1.30. The number of aromatic nitrogens is 2. The third-order valence-electron chi connectivity index (χ3n) is 2.00. The van der Waals surface area contributed by atoms with Gasteiger partial charge in [-0.1, -0.05) is 0 Å². The number of nitrogens with one attached hydrogen (secondary N) is 2. The number of aliphatic hydroxyl groups excluding tert-OH is 1. The maximum atomic E-state index is 11.3. The lowest BCUT2D eigenvalue weighted by Crippen LogP contribution is -2.47. The van der Waals surface area contributed by atoms with E-state index >= 15 is 0 Å². The van der Waals surface area contributed by atoms with Crippen LogP contribution in [0.1, 0.15) is 5.56 Å². The number of aliphatic hydroxyl groups is 1. The molecular formula is C9H14N4O4. The lowest BCUT2D eigenvalue weighted by atomic mass is 10.3. The first-order chi connectivity index (χ1) is 8.02. The molecule has 2 amide bonds. The summed E-state index contributed by atoms with van der Waals surface area (Å²) in [6.45, 7) is -0.424. The minimum Gasteiger partial charge on any atom is -0.480 e. The van der Waals surface area contributed by atoms with E-state index in [1.54, 1.807) is 24.1 Å². The number of carboxylic acids is 1. The summed E-state index contributed by atoms with van der Waals surface area (Å²) in [4.78, 5) is 21.8. The average Bonchev–Trinajstić information content (AvgIpc) is 2.68. The molecule has 4 N–H and O–H groups in total. The van der Waals surface area contributed by atoms with Crippen LogP contribution < -0.4 is 10.6 Å². The molecule has 8 nitrogen and oxygen atoms in total. The molecule has 0 radical (unpaired) electrons. The second-order valence-corrected chi connectivity index (χ2v) is 3.42. The Morgan fingerprint density at radius 3 is 2.76 bits per heavy atom. The molecule has 1 aromatic rings. The van der Waals surface area contributed by atoms with Gasteiger partial charge in [0.15, 0.2) is 6.04 Å². The molecule has 0 unspecified atom stereocenters. The number of rotatable bonds is 5. The second-order valence-electron chi connectivity index (χ2n) is 3.42. The number of carboxylic acid groups (broad SMARTS) is 1. The number of carbonyl (C=O) groups is 2. The van der Waals surface area contributed by atoms with Crippen LogP contribution in [0.4, 0.5) is 4.79 Å². The van der Waals surface area contributed by atoms with Crippen molar-refractivity contribution in [3.63, 3.8) is 0 Å². The van der Waals surface area contributed by atoms with Crippen molar-refractivity contribution in [2.45, 2.75) is 12.6 Å². The molecule has 0 saturated carbocycles. The molecule has 1 rings (SSSR count). The van der Waals surface area contributed by atoms with Crippen LogP contribution >= 0.6 is 0 Å². The Kier molecular flexibility index (Phi) is 4.46. The molecule has 0 aliphatic carbocycles. The summed E-state index contributed by atoms with van der Waals surface area (Å²) in [5, 5.41) is 25.8. The molecule has 0 aliphatic heterocycles. The van der Waals surface area contributed by atoms with Crippen LogP contribution in [0.5, 0.6) is 0 Å². The van der Waals surface area contributed by atoms with Crippen LogP contribution in [0.3, 0.4) is 0 Å². The maximum Gasteiger partial charge on any atom is 0.328 e. The quantitative estimate of drug-likeness (QED) is 0.510. The summed E-state index contributed by atoms with van der Waals surface area (Å²) in [6, 6.07) is -1.96. The molecule has 0 bridgehead atoms. The Morgan fingerprint density at radius 1 is 1.59 bits per heavy atom. The Bertz CT molecular complexity index is 403. The predicted octanol–water partition coefficient (Wildman–Crippen LogP) is -1.34. The second kappa shape index (κ2) is 5.85. The summed E-state index contributed by atoms with van der Waals surface area (Å²) >= 11 is 0. The van der Waals surface area contributed by atoms with Crippen LogP contribution in [0.25, 0.3) is 0 Å². The molecule has 1 heterocycles. The maximum absolute atomic E-state index is 11.3. The van der Waals surface area contributed by atoms with Gasteiger partial charge < -0.3 is 20.8 Å². The Morgan fingerprint density at radius 2 is 2.29 bits per heavy atom. The van der Waals surface area contributed by atoms with Gasteiger partial charge in [0.25, 0.3) is 0 Å². The number of hydrogen-bond donors (Lipinski definition) is 4. The summed E-state index contributed by atoms with van der Waals surface area (Å²) in [7, 11) is 1.75. The highest BCUT2D eigenvalue weighted by atomic mass is 16.4. The first-order valence-corrected chi connectivity index (χ1v) is 4.88. The molecule has 0 aliphatic rings. The van der Waals surface area contributed by atoms with E-state index in [4.69, 9.17) is 10.2 Å². The van der Waals surface area contributed by atoms with E-state index in [-0.39, 0.29) is 6.54 Å². The van der Waals surface area contributed by atoms with Crippen molar-refractivity contribution < 1.29 is 19.8 Å². The van der Waals surface area contributed by atoms with Gasteiger partial charge in [0.1, 0.15) is 0 Å². The number of aryl methyl sites for hydroxylation is 1. The van der Waals surface area contributed by atoms with E-state index in [1.165, 1.54) is 0 Å². The number of amides is 2. The van der Waals surface area contributed by atoms with Gasteiger partial charge in [-0.3, -0.25) is 4.68 Å². The highest BCUT2D eigenvalue weighted by Crippen LogP contribution is 1.94. The van der Waals surface area contributed by atoms with Crippen LogP contribution in [0.2, 0.25) is 0 Å². The minimum absolute atomic E-state index is 0.234. The number of hydrogen-bond acceptors (Lipinski definition) is 4. The first-order valence-electron chi connectivity index (χ1n) is 4.88. The van der Waals surface area contributed by atoms with E-state index in [2.05, 4.69) is 15.7 Å². The largest absolute Gasteiger partial charge is 0.480 e. The van der Waals surface area contributed by atoms with Gasteiger partial charge in [-0.05, 0) is 0 Å². The number of aliphatic carboxylic acids is 1. The van der Waals surface area contributed by atoms with Gasteiger partial charge >= 0.3 is 12.0 Å². The summed E-state index contributed by atoms with van der Waals surface area (Å²) < 4.78 is 1.59. The van der Waals surface area contributed by atoms with E-state index in [1.807, 2.05) is 0 Å². The lowest BCUT2D eigenvalue weighted by Gasteiger charge is -2.11. The number of nitrogens with zero attached hydrogens (tertiary/aromatic N) is 2. The van der Waals surface area contributed by atoms with E-state index in [9.17, 15) is 9.59 Å². The molecule has 1 atom stereocenters. The van der Waals surface area contributed by atoms with Crippen molar-refractivity contribution >= 4 is 12.0 Å². The van der Waals surface area contributed by atoms with Crippen LogP contribution in [-0.2, 0) is 18.4 Å². The van der Waals surface area contributed by atoms with Gasteiger partial charge in [-0.15, -0.1) is 0 Å². The summed E-state index contributed by atoms with van der Waals surface area (Å²) in [6.07, 6.45) is 3.31. The predicted molar refractivity (Wildman–Crippen MR) is 57.1 cm³/mol. The van der Waals surface area contributed by atoms with Crippen LogP contribution in [-0.4, -0.2) is 44.6 Å². The summed E-state index contributed by atoms with van der Waals surface area (Å²) in [5.74, 6) is -1.29. The SMILES string of the molecule is Cn1cc(CNC(=O)N[C@@H](CO)C(=O)O)cn1. The summed E-state index contributed by atoms with van der Waals surface area (Å²) in [5.41, 5.74) is 0.790. The van der Waals surface area contributed by atoms with Gasteiger partial charge in [-0.25, -0.2) is 9.59 Å². The monoisotopic (exact) mass is 242 g/mol. The molecule has 94 valence electrons. The zero-order valence-corrected chi connectivity index (χ0v) is 9.25. The average molecular weight is 242 g/mol. The van der Waals surface area contributed by atoms with Crippen molar-refractivity contribution in [1.29, 1.82) is 0 Å². The number of carbonyl (C=O) groups excluding carboxylic acids is 1. The third-order valence-corrected chi connectivity index (χ3v) is 2.00. The topological polar surface area (TPSA) is 116 Å². The van der Waals surface area contributed by atoms with Crippen molar-refractivity contribution in [1.82, 2.24) is 20.4 Å². The highest BCUT2D eigenvalue weighted by Gasteiger charge is 2.18. The van der Waals surface area contributed by atoms with E-state index in [0.29, 0.717) is 0 Å². The normalized spacial score (nSPS) is 11.9. The smallest absolute Gasteiger partial charge is 0.328 e. The highest BCUT2D eigenvalue weighted by molar-refractivity contribution is 5.82. The molecule has 0 saturated heterocycles. The molecule has 0 spiro atoms. The molecule has 8 heteroatoms. The van der Waals surface area contributed by atoms with Gasteiger partial charge in [0.2, 0.25) is 0 Å². The van der Waals surface area contributed by atoms with Gasteiger partial charge in [-0.2, -0.15) is 5.10 Å².